The molecular weight excluding hydrogens is 208 g/mol. The first-order valence-corrected chi connectivity index (χ1v) is 6.18. The van der Waals surface area contributed by atoms with Crippen LogP contribution in [0.25, 0.3) is 0 Å². The molecule has 0 aromatic carbocycles. The van der Waals surface area contributed by atoms with E-state index in [9.17, 15) is 17.8 Å². The molecule has 0 heterocycles. The standard InChI is InChI=1S/C8H14O5S/c9-8(6-14(10,11)12)13-7-4-2-1-3-5-7/h7H,1-6H2,(H,10,11,12)/p-1. The largest absolute Gasteiger partial charge is 0.748 e. The van der Waals surface area contributed by atoms with Crippen molar-refractivity contribution in [1.82, 2.24) is 0 Å². The number of carbonyl (C=O) groups excluding carboxylic acids is 1. The summed E-state index contributed by atoms with van der Waals surface area (Å²) in [5.74, 6) is -1.98. The summed E-state index contributed by atoms with van der Waals surface area (Å²) in [4.78, 5) is 10.9. The molecule has 14 heavy (non-hydrogen) atoms. The molecule has 0 spiro atoms. The highest BCUT2D eigenvalue weighted by Gasteiger charge is 2.18. The van der Waals surface area contributed by atoms with E-state index in [0.717, 1.165) is 32.1 Å². The molecule has 1 saturated carbocycles. The first-order chi connectivity index (χ1) is 6.47. The van der Waals surface area contributed by atoms with Crippen LogP contribution in [-0.2, 0) is 19.6 Å². The average Bonchev–Trinajstić information content (AvgIpc) is 2.02. The predicted octanol–water partition coefficient (Wildman–Crippen LogP) is 0.407. The van der Waals surface area contributed by atoms with Gasteiger partial charge in [-0.15, -0.1) is 0 Å². The topological polar surface area (TPSA) is 83.5 Å². The molecule has 0 atom stereocenters. The highest BCUT2D eigenvalue weighted by molar-refractivity contribution is 7.86. The van der Waals surface area contributed by atoms with Crippen molar-refractivity contribution in [3.8, 4) is 0 Å². The van der Waals surface area contributed by atoms with Gasteiger partial charge in [0, 0.05) is 0 Å². The number of hydrogen-bond acceptors (Lipinski definition) is 5. The lowest BCUT2D eigenvalue weighted by molar-refractivity contribution is -0.147. The van der Waals surface area contributed by atoms with E-state index in [0.29, 0.717) is 0 Å². The molecule has 0 radical (unpaired) electrons. The number of esters is 1. The van der Waals surface area contributed by atoms with Crippen LogP contribution in [0.5, 0.6) is 0 Å². The molecule has 0 saturated heterocycles. The van der Waals surface area contributed by atoms with Gasteiger partial charge in [-0.25, -0.2) is 8.42 Å². The molecule has 82 valence electrons. The molecule has 1 aliphatic carbocycles. The Balaban J connectivity index is 2.32. The van der Waals surface area contributed by atoms with E-state index in [1.54, 1.807) is 0 Å². The van der Waals surface area contributed by atoms with Gasteiger partial charge in [-0.3, -0.25) is 4.79 Å². The Morgan fingerprint density at radius 2 is 1.86 bits per heavy atom. The Morgan fingerprint density at radius 3 is 2.36 bits per heavy atom. The summed E-state index contributed by atoms with van der Waals surface area (Å²) < 4.78 is 35.5. The highest BCUT2D eigenvalue weighted by atomic mass is 32.2. The third-order valence-corrected chi connectivity index (χ3v) is 2.73. The smallest absolute Gasteiger partial charge is 0.320 e. The van der Waals surface area contributed by atoms with Crippen molar-refractivity contribution in [2.75, 3.05) is 5.75 Å². The summed E-state index contributed by atoms with van der Waals surface area (Å²) in [6, 6.07) is 0. The lowest BCUT2D eigenvalue weighted by Gasteiger charge is -2.21. The van der Waals surface area contributed by atoms with Crippen molar-refractivity contribution in [3.05, 3.63) is 0 Å². The second-order valence-electron chi connectivity index (χ2n) is 3.45. The summed E-state index contributed by atoms with van der Waals surface area (Å²) in [6.07, 6.45) is 4.44. The minimum Gasteiger partial charge on any atom is -0.748 e. The molecule has 1 rings (SSSR count). The maximum atomic E-state index is 10.9. The third kappa shape index (κ3) is 4.57. The van der Waals surface area contributed by atoms with Crippen molar-refractivity contribution in [3.63, 3.8) is 0 Å². The molecular formula is C8H13O5S-. The molecule has 0 aliphatic heterocycles. The lowest BCUT2D eigenvalue weighted by atomic mass is 9.98. The molecule has 0 unspecified atom stereocenters. The average molecular weight is 221 g/mol. The van der Waals surface area contributed by atoms with E-state index in [-0.39, 0.29) is 6.10 Å². The van der Waals surface area contributed by atoms with Gasteiger partial charge in [-0.1, -0.05) is 6.42 Å². The van der Waals surface area contributed by atoms with E-state index in [2.05, 4.69) is 0 Å². The van der Waals surface area contributed by atoms with Crippen LogP contribution in [0.15, 0.2) is 0 Å². The Kier molecular flexibility index (Phi) is 3.88. The van der Waals surface area contributed by atoms with E-state index in [4.69, 9.17) is 4.74 Å². The van der Waals surface area contributed by atoms with Crippen LogP contribution in [-0.4, -0.2) is 30.8 Å². The van der Waals surface area contributed by atoms with Gasteiger partial charge in [-0.05, 0) is 25.7 Å². The fourth-order valence-electron chi connectivity index (χ4n) is 1.55. The van der Waals surface area contributed by atoms with Crippen LogP contribution in [0.2, 0.25) is 0 Å². The number of ether oxygens (including phenoxy) is 1. The van der Waals surface area contributed by atoms with Gasteiger partial charge in [-0.2, -0.15) is 0 Å². The zero-order valence-electron chi connectivity index (χ0n) is 7.77. The summed E-state index contributed by atoms with van der Waals surface area (Å²) in [5, 5.41) is 0. The molecule has 0 aromatic rings. The molecule has 1 aliphatic rings. The number of carbonyl (C=O) groups is 1. The van der Waals surface area contributed by atoms with Crippen LogP contribution < -0.4 is 0 Å². The summed E-state index contributed by atoms with van der Waals surface area (Å²) in [7, 11) is -4.50. The normalized spacial score (nSPS) is 19.2. The van der Waals surface area contributed by atoms with Crippen LogP contribution in [0, 0.1) is 0 Å². The fraction of sp³-hybridized carbons (Fsp3) is 0.875. The Bertz CT molecular complexity index is 289. The summed E-state index contributed by atoms with van der Waals surface area (Å²) in [5.41, 5.74) is 0. The predicted molar refractivity (Wildman–Crippen MR) is 47.5 cm³/mol. The van der Waals surface area contributed by atoms with Gasteiger partial charge in [0.15, 0.2) is 0 Å². The van der Waals surface area contributed by atoms with E-state index in [1.165, 1.54) is 0 Å². The quantitative estimate of drug-likeness (QED) is 0.509. The molecule has 0 amide bonds. The van der Waals surface area contributed by atoms with Crippen LogP contribution >= 0.6 is 0 Å². The van der Waals surface area contributed by atoms with Gasteiger partial charge < -0.3 is 9.29 Å². The van der Waals surface area contributed by atoms with Crippen LogP contribution in [0.4, 0.5) is 0 Å². The molecule has 1 fully saturated rings. The van der Waals surface area contributed by atoms with E-state index >= 15 is 0 Å². The third-order valence-electron chi connectivity index (χ3n) is 2.14. The Hall–Kier alpha value is -0.620. The monoisotopic (exact) mass is 221 g/mol. The second kappa shape index (κ2) is 4.75. The fourth-order valence-corrected chi connectivity index (χ4v) is 1.90. The van der Waals surface area contributed by atoms with Crippen molar-refractivity contribution in [2.45, 2.75) is 38.2 Å². The maximum absolute atomic E-state index is 10.9. The van der Waals surface area contributed by atoms with E-state index < -0.39 is 21.8 Å². The van der Waals surface area contributed by atoms with Crippen LogP contribution in [0.3, 0.4) is 0 Å². The molecule has 0 N–H and O–H groups in total. The van der Waals surface area contributed by atoms with Crippen molar-refractivity contribution in [2.24, 2.45) is 0 Å². The SMILES string of the molecule is O=C(CS(=O)(=O)[O-])OC1CCCCC1. The first-order valence-electron chi connectivity index (χ1n) is 4.60. The van der Waals surface area contributed by atoms with Gasteiger partial charge in [0.05, 0.1) is 0 Å². The minimum absolute atomic E-state index is 0.196. The molecule has 5 nitrogen and oxygen atoms in total. The first kappa shape index (κ1) is 11.5. The lowest BCUT2D eigenvalue weighted by Crippen LogP contribution is -2.25. The molecule has 0 bridgehead atoms. The highest BCUT2D eigenvalue weighted by Crippen LogP contribution is 2.20. The maximum Gasteiger partial charge on any atom is 0.320 e. The number of rotatable bonds is 3. The zero-order valence-corrected chi connectivity index (χ0v) is 8.59. The minimum atomic E-state index is -4.50. The zero-order chi connectivity index (χ0) is 10.6. The van der Waals surface area contributed by atoms with Crippen molar-refractivity contribution >= 4 is 16.1 Å². The molecule has 6 heteroatoms. The van der Waals surface area contributed by atoms with Gasteiger partial charge in [0.25, 0.3) is 0 Å². The Labute approximate surface area is 83.2 Å². The van der Waals surface area contributed by atoms with Crippen molar-refractivity contribution < 1.29 is 22.5 Å². The summed E-state index contributed by atoms with van der Waals surface area (Å²) >= 11 is 0. The summed E-state index contributed by atoms with van der Waals surface area (Å²) in [6.45, 7) is 0. The van der Waals surface area contributed by atoms with Crippen molar-refractivity contribution in [1.29, 1.82) is 0 Å². The van der Waals surface area contributed by atoms with Gasteiger partial charge in [0.2, 0.25) is 0 Å². The van der Waals surface area contributed by atoms with Gasteiger partial charge >= 0.3 is 5.97 Å². The number of hydrogen-bond donors (Lipinski definition) is 0. The second-order valence-corrected chi connectivity index (χ2v) is 4.86. The molecule has 0 aromatic heterocycles. The van der Waals surface area contributed by atoms with Gasteiger partial charge in [0.1, 0.15) is 22.0 Å². The Morgan fingerprint density at radius 1 is 1.29 bits per heavy atom. The van der Waals surface area contributed by atoms with E-state index in [1.807, 2.05) is 0 Å². The van der Waals surface area contributed by atoms with Crippen LogP contribution in [0.1, 0.15) is 32.1 Å².